The van der Waals surface area contributed by atoms with Crippen molar-refractivity contribution in [2.45, 2.75) is 45.6 Å². The van der Waals surface area contributed by atoms with Crippen LogP contribution in [0.15, 0.2) is 28.8 Å². The standard InChI is InChI=1S/C19H24N4O/c1-12-18(16-6-4-5-7-17(16)20-12)15-8-10-23(11-9-15)13(2)19-21-14(3)22-24-19/h4-7,13,15,20H,8-11H2,1-3H3/t13-/m1/s1. The summed E-state index contributed by atoms with van der Waals surface area (Å²) < 4.78 is 5.35. The van der Waals surface area contributed by atoms with Crippen LogP contribution >= 0.6 is 0 Å². The van der Waals surface area contributed by atoms with Crippen molar-refractivity contribution in [3.63, 3.8) is 0 Å². The summed E-state index contributed by atoms with van der Waals surface area (Å²) in [4.78, 5) is 10.4. The third-order valence-corrected chi connectivity index (χ3v) is 5.33. The predicted octanol–water partition coefficient (Wildman–Crippen LogP) is 4.11. The van der Waals surface area contributed by atoms with Gasteiger partial charge in [0.1, 0.15) is 0 Å². The number of H-pyrrole nitrogens is 1. The molecule has 1 fully saturated rings. The zero-order valence-corrected chi connectivity index (χ0v) is 14.5. The molecular formula is C19H24N4O. The molecule has 5 heteroatoms. The van der Waals surface area contributed by atoms with E-state index in [2.05, 4.69) is 58.1 Å². The monoisotopic (exact) mass is 324 g/mol. The summed E-state index contributed by atoms with van der Waals surface area (Å²) in [6, 6.07) is 8.83. The molecule has 0 amide bonds. The van der Waals surface area contributed by atoms with E-state index in [9.17, 15) is 0 Å². The third kappa shape index (κ3) is 2.63. The lowest BCUT2D eigenvalue weighted by molar-refractivity contribution is 0.136. The van der Waals surface area contributed by atoms with Gasteiger partial charge in [-0.3, -0.25) is 4.90 Å². The van der Waals surface area contributed by atoms with Crippen LogP contribution in [0.2, 0.25) is 0 Å². The van der Waals surface area contributed by atoms with Gasteiger partial charge in [0.25, 0.3) is 0 Å². The minimum Gasteiger partial charge on any atom is -0.358 e. The van der Waals surface area contributed by atoms with E-state index in [1.54, 1.807) is 0 Å². The molecule has 126 valence electrons. The number of hydrogen-bond donors (Lipinski definition) is 1. The Morgan fingerprint density at radius 1 is 1.21 bits per heavy atom. The summed E-state index contributed by atoms with van der Waals surface area (Å²) in [5, 5.41) is 5.30. The zero-order valence-electron chi connectivity index (χ0n) is 14.5. The second-order valence-corrected chi connectivity index (χ2v) is 6.88. The number of hydrogen-bond acceptors (Lipinski definition) is 4. The van der Waals surface area contributed by atoms with Crippen LogP contribution in [0.4, 0.5) is 0 Å². The molecule has 4 rings (SSSR count). The van der Waals surface area contributed by atoms with Gasteiger partial charge in [-0.05, 0) is 64.3 Å². The molecule has 3 heterocycles. The van der Waals surface area contributed by atoms with Crippen LogP contribution in [0, 0.1) is 13.8 Å². The highest BCUT2D eigenvalue weighted by Gasteiger charge is 2.29. The number of para-hydroxylation sites is 1. The maximum Gasteiger partial charge on any atom is 0.243 e. The molecule has 0 aliphatic carbocycles. The molecule has 0 unspecified atom stereocenters. The molecule has 0 saturated carbocycles. The van der Waals surface area contributed by atoms with E-state index in [0.29, 0.717) is 11.7 Å². The zero-order chi connectivity index (χ0) is 16.7. The fourth-order valence-electron chi connectivity index (χ4n) is 4.04. The molecule has 3 aromatic rings. The van der Waals surface area contributed by atoms with Crippen molar-refractivity contribution in [3.05, 3.63) is 47.2 Å². The van der Waals surface area contributed by atoms with Gasteiger partial charge in [0.2, 0.25) is 5.89 Å². The van der Waals surface area contributed by atoms with Crippen LogP contribution in [-0.4, -0.2) is 33.1 Å². The summed E-state index contributed by atoms with van der Waals surface area (Å²) in [6.45, 7) is 8.35. The number of aromatic amines is 1. The number of nitrogens with zero attached hydrogens (tertiary/aromatic N) is 3. The molecule has 0 bridgehead atoms. The molecule has 1 aromatic carbocycles. The van der Waals surface area contributed by atoms with Crippen molar-refractivity contribution in [2.24, 2.45) is 0 Å². The lowest BCUT2D eigenvalue weighted by Gasteiger charge is -2.34. The van der Waals surface area contributed by atoms with Crippen molar-refractivity contribution < 1.29 is 4.52 Å². The number of aryl methyl sites for hydroxylation is 2. The SMILES string of the molecule is Cc1noc([C@@H](C)N2CCC(c3c(C)[nH]c4ccccc34)CC2)n1. The normalized spacial score (nSPS) is 18.3. The van der Waals surface area contributed by atoms with Crippen molar-refractivity contribution in [2.75, 3.05) is 13.1 Å². The Morgan fingerprint density at radius 3 is 2.67 bits per heavy atom. The summed E-state index contributed by atoms with van der Waals surface area (Å²) in [6.07, 6.45) is 2.33. The molecule has 0 spiro atoms. The molecule has 5 nitrogen and oxygen atoms in total. The Hall–Kier alpha value is -2.14. The summed E-state index contributed by atoms with van der Waals surface area (Å²) in [5.41, 5.74) is 4.07. The Balaban J connectivity index is 1.50. The highest BCUT2D eigenvalue weighted by atomic mass is 16.5. The van der Waals surface area contributed by atoms with Crippen molar-refractivity contribution in [1.29, 1.82) is 0 Å². The molecule has 24 heavy (non-hydrogen) atoms. The largest absolute Gasteiger partial charge is 0.358 e. The van der Waals surface area contributed by atoms with E-state index in [1.807, 2.05) is 6.92 Å². The predicted molar refractivity (Wildman–Crippen MR) is 94.0 cm³/mol. The Bertz CT molecular complexity index is 842. The molecule has 1 aliphatic rings. The maximum atomic E-state index is 5.35. The van der Waals surface area contributed by atoms with Gasteiger partial charge in [0.15, 0.2) is 5.82 Å². The first kappa shape index (κ1) is 15.4. The highest BCUT2D eigenvalue weighted by molar-refractivity contribution is 5.85. The summed E-state index contributed by atoms with van der Waals surface area (Å²) in [7, 11) is 0. The van der Waals surface area contributed by atoms with E-state index in [4.69, 9.17) is 4.52 Å². The van der Waals surface area contributed by atoms with Crippen molar-refractivity contribution in [1.82, 2.24) is 20.0 Å². The van der Waals surface area contributed by atoms with Crippen LogP contribution < -0.4 is 0 Å². The number of likely N-dealkylation sites (tertiary alicyclic amines) is 1. The fourth-order valence-corrected chi connectivity index (χ4v) is 4.04. The van der Waals surface area contributed by atoms with Gasteiger partial charge < -0.3 is 9.51 Å². The van der Waals surface area contributed by atoms with Gasteiger partial charge in [-0.15, -0.1) is 0 Å². The van der Waals surface area contributed by atoms with Crippen LogP contribution in [0.3, 0.4) is 0 Å². The molecular weight excluding hydrogens is 300 g/mol. The first-order valence-corrected chi connectivity index (χ1v) is 8.75. The lowest BCUT2D eigenvalue weighted by atomic mass is 9.87. The van der Waals surface area contributed by atoms with E-state index in [1.165, 1.54) is 35.0 Å². The Morgan fingerprint density at radius 2 is 1.96 bits per heavy atom. The Kier molecular flexibility index (Phi) is 3.88. The van der Waals surface area contributed by atoms with Gasteiger partial charge in [0, 0.05) is 16.6 Å². The lowest BCUT2D eigenvalue weighted by Crippen LogP contribution is -2.35. The second-order valence-electron chi connectivity index (χ2n) is 6.88. The van der Waals surface area contributed by atoms with Gasteiger partial charge >= 0.3 is 0 Å². The molecule has 2 aromatic heterocycles. The second kappa shape index (κ2) is 6.06. The van der Waals surface area contributed by atoms with E-state index >= 15 is 0 Å². The number of fused-ring (bicyclic) bond motifs is 1. The van der Waals surface area contributed by atoms with Crippen LogP contribution in [0.25, 0.3) is 10.9 Å². The topological polar surface area (TPSA) is 58.0 Å². The number of benzene rings is 1. The van der Waals surface area contributed by atoms with Crippen LogP contribution in [0.1, 0.15) is 54.7 Å². The average Bonchev–Trinajstić information content (AvgIpc) is 3.17. The molecule has 1 aliphatic heterocycles. The van der Waals surface area contributed by atoms with Crippen molar-refractivity contribution >= 4 is 10.9 Å². The molecule has 1 N–H and O–H groups in total. The van der Waals surface area contributed by atoms with E-state index in [0.717, 1.165) is 19.0 Å². The maximum absolute atomic E-state index is 5.35. The smallest absolute Gasteiger partial charge is 0.243 e. The minimum absolute atomic E-state index is 0.191. The average molecular weight is 324 g/mol. The number of rotatable bonds is 3. The van der Waals surface area contributed by atoms with Crippen molar-refractivity contribution in [3.8, 4) is 0 Å². The first-order chi connectivity index (χ1) is 11.6. The summed E-state index contributed by atoms with van der Waals surface area (Å²) >= 11 is 0. The highest BCUT2D eigenvalue weighted by Crippen LogP contribution is 2.37. The minimum atomic E-state index is 0.191. The van der Waals surface area contributed by atoms with Gasteiger partial charge in [-0.25, -0.2) is 0 Å². The van der Waals surface area contributed by atoms with Gasteiger partial charge in [0.05, 0.1) is 6.04 Å². The molecule has 1 atom stereocenters. The number of piperidine rings is 1. The summed E-state index contributed by atoms with van der Waals surface area (Å²) in [5.74, 6) is 2.06. The van der Waals surface area contributed by atoms with Gasteiger partial charge in [-0.1, -0.05) is 23.4 Å². The van der Waals surface area contributed by atoms with E-state index in [-0.39, 0.29) is 6.04 Å². The number of nitrogens with one attached hydrogen (secondary N) is 1. The quantitative estimate of drug-likeness (QED) is 0.788. The van der Waals surface area contributed by atoms with Crippen LogP contribution in [-0.2, 0) is 0 Å². The van der Waals surface area contributed by atoms with Crippen LogP contribution in [0.5, 0.6) is 0 Å². The third-order valence-electron chi connectivity index (χ3n) is 5.33. The molecule has 0 radical (unpaired) electrons. The number of aromatic nitrogens is 3. The molecule has 1 saturated heterocycles. The Labute approximate surface area is 142 Å². The first-order valence-electron chi connectivity index (χ1n) is 8.75. The fraction of sp³-hybridized carbons (Fsp3) is 0.474. The van der Waals surface area contributed by atoms with Gasteiger partial charge in [-0.2, -0.15) is 4.98 Å². The van der Waals surface area contributed by atoms with E-state index < -0.39 is 0 Å².